The van der Waals surface area contributed by atoms with E-state index in [0.717, 1.165) is 66.9 Å². The van der Waals surface area contributed by atoms with Gasteiger partial charge >= 0.3 is 6.18 Å². The molecule has 3 heterocycles. The fraction of sp³-hybridized carbons (Fsp3) is 0.296. The van der Waals surface area contributed by atoms with Crippen LogP contribution in [-0.2, 0) is 12.7 Å². The Hall–Kier alpha value is -3.23. The molecule has 1 fully saturated rings. The number of carbonyl (C=O) groups is 1. The molecule has 3 aromatic rings. The van der Waals surface area contributed by atoms with Gasteiger partial charge in [0.05, 0.1) is 10.6 Å². The normalized spacial score (nSPS) is 16.5. The number of nitrogens with one attached hydrogen (secondary N) is 1. The molecular formula is C27H26ClF3N4O. The van der Waals surface area contributed by atoms with E-state index in [1.807, 2.05) is 30.3 Å². The quantitative estimate of drug-likeness (QED) is 0.368. The smallest absolute Gasteiger partial charge is 0.347 e. The van der Waals surface area contributed by atoms with E-state index in [-0.39, 0.29) is 12.6 Å². The Morgan fingerprint density at radius 3 is 2.75 bits per heavy atom. The molecule has 4 rings (SSSR count). The second-order valence-corrected chi connectivity index (χ2v) is 9.03. The number of rotatable bonds is 7. The SMILES string of the molecule is C=CCN1CCCC[C@H]1c1cc(-c2cccnc2)ccc1CNC(=O)c1nccc(C(F)(F)F)c1Cl. The number of hydrogen-bond donors (Lipinski definition) is 1. The van der Waals surface area contributed by atoms with Gasteiger partial charge in [-0.3, -0.25) is 14.7 Å². The van der Waals surface area contributed by atoms with Crippen LogP contribution in [0.25, 0.3) is 11.1 Å². The van der Waals surface area contributed by atoms with Gasteiger partial charge in [0.2, 0.25) is 0 Å². The van der Waals surface area contributed by atoms with Crippen LogP contribution in [-0.4, -0.2) is 33.9 Å². The number of piperidine rings is 1. The van der Waals surface area contributed by atoms with Crippen LogP contribution in [0.15, 0.2) is 67.6 Å². The summed E-state index contributed by atoms with van der Waals surface area (Å²) in [6, 6.07) is 10.7. The van der Waals surface area contributed by atoms with Crippen molar-refractivity contribution < 1.29 is 18.0 Å². The zero-order chi connectivity index (χ0) is 25.7. The molecule has 1 aromatic carbocycles. The van der Waals surface area contributed by atoms with Crippen molar-refractivity contribution >= 4 is 17.5 Å². The minimum Gasteiger partial charge on any atom is -0.347 e. The number of nitrogens with zero attached hydrogens (tertiary/aromatic N) is 3. The van der Waals surface area contributed by atoms with Gasteiger partial charge in [-0.2, -0.15) is 13.2 Å². The molecule has 0 saturated carbocycles. The van der Waals surface area contributed by atoms with Crippen LogP contribution >= 0.6 is 11.6 Å². The standard InChI is InChI=1S/C27H26ClF3N4O/c1-2-13-35-14-4-3-7-23(35)21-15-18(19-6-5-11-32-16-19)8-9-20(21)17-34-26(36)25-24(28)22(10-12-33-25)27(29,30)31/h2,5-6,8-12,15-16,23H,1,3-4,7,13-14,17H2,(H,34,36)/t23-/m0/s1. The predicted molar refractivity (Wildman–Crippen MR) is 133 cm³/mol. The summed E-state index contributed by atoms with van der Waals surface area (Å²) in [5.74, 6) is -0.764. The van der Waals surface area contributed by atoms with Gasteiger partial charge in [0.25, 0.3) is 5.91 Å². The molecule has 0 spiro atoms. The number of hydrogen-bond acceptors (Lipinski definition) is 4. The monoisotopic (exact) mass is 514 g/mol. The van der Waals surface area contributed by atoms with Crippen molar-refractivity contribution in [1.82, 2.24) is 20.2 Å². The van der Waals surface area contributed by atoms with Gasteiger partial charge in [-0.05, 0) is 59.8 Å². The fourth-order valence-corrected chi connectivity index (χ4v) is 4.89. The Kier molecular flexibility index (Phi) is 8.06. The predicted octanol–water partition coefficient (Wildman–Crippen LogP) is 6.46. The Morgan fingerprint density at radius 1 is 1.19 bits per heavy atom. The summed E-state index contributed by atoms with van der Waals surface area (Å²) in [5.41, 5.74) is 2.36. The van der Waals surface area contributed by atoms with Crippen molar-refractivity contribution in [3.63, 3.8) is 0 Å². The fourth-order valence-electron chi connectivity index (χ4n) is 4.59. The number of alkyl halides is 3. The first-order chi connectivity index (χ1) is 17.3. The number of benzene rings is 1. The van der Waals surface area contributed by atoms with E-state index in [4.69, 9.17) is 11.6 Å². The lowest BCUT2D eigenvalue weighted by Crippen LogP contribution is -2.34. The average Bonchev–Trinajstić information content (AvgIpc) is 2.88. The number of carbonyl (C=O) groups excluding carboxylic acids is 1. The van der Waals surface area contributed by atoms with Crippen LogP contribution in [0.1, 0.15) is 52.5 Å². The minimum atomic E-state index is -4.68. The molecule has 9 heteroatoms. The first kappa shape index (κ1) is 25.9. The van der Waals surface area contributed by atoms with Gasteiger partial charge in [0, 0.05) is 37.7 Å². The molecule has 5 nitrogen and oxygen atoms in total. The van der Waals surface area contributed by atoms with E-state index in [1.54, 1.807) is 12.4 Å². The third-order valence-corrected chi connectivity index (χ3v) is 6.71. The third kappa shape index (κ3) is 5.77. The van der Waals surface area contributed by atoms with E-state index in [2.05, 4.69) is 32.8 Å². The topological polar surface area (TPSA) is 58.1 Å². The molecule has 0 aliphatic carbocycles. The lowest BCUT2D eigenvalue weighted by Gasteiger charge is -2.36. The first-order valence-corrected chi connectivity index (χ1v) is 12.1. The molecule has 1 N–H and O–H groups in total. The summed E-state index contributed by atoms with van der Waals surface area (Å²) in [6.07, 6.45) is 4.77. The summed E-state index contributed by atoms with van der Waals surface area (Å²) < 4.78 is 39.7. The molecule has 0 radical (unpaired) electrons. The van der Waals surface area contributed by atoms with Gasteiger partial charge in [0.15, 0.2) is 0 Å². The maximum absolute atomic E-state index is 13.2. The molecule has 0 bridgehead atoms. The summed E-state index contributed by atoms with van der Waals surface area (Å²) in [6.45, 7) is 5.68. The highest BCUT2D eigenvalue weighted by Gasteiger charge is 2.35. The largest absolute Gasteiger partial charge is 0.417 e. The lowest BCUT2D eigenvalue weighted by atomic mass is 9.89. The molecule has 188 valence electrons. The van der Waals surface area contributed by atoms with Gasteiger partial charge in [-0.15, -0.1) is 6.58 Å². The number of likely N-dealkylation sites (tertiary alicyclic amines) is 1. The van der Waals surface area contributed by atoms with Crippen molar-refractivity contribution in [3.8, 4) is 11.1 Å². The van der Waals surface area contributed by atoms with E-state index in [0.29, 0.717) is 0 Å². The highest BCUT2D eigenvalue weighted by atomic mass is 35.5. The highest BCUT2D eigenvalue weighted by Crippen LogP contribution is 2.37. The molecule has 36 heavy (non-hydrogen) atoms. The molecular weight excluding hydrogens is 489 g/mol. The molecule has 1 aliphatic heterocycles. The molecule has 1 amide bonds. The maximum atomic E-state index is 13.2. The van der Waals surface area contributed by atoms with E-state index in [9.17, 15) is 18.0 Å². The van der Waals surface area contributed by atoms with Crippen molar-refractivity contribution in [2.75, 3.05) is 13.1 Å². The summed E-state index contributed by atoms with van der Waals surface area (Å²) in [5, 5.41) is 2.01. The van der Waals surface area contributed by atoms with Gasteiger partial charge in [-0.25, -0.2) is 4.98 Å². The van der Waals surface area contributed by atoms with Crippen LogP contribution in [0.4, 0.5) is 13.2 Å². The maximum Gasteiger partial charge on any atom is 0.417 e. The molecule has 1 aliphatic rings. The van der Waals surface area contributed by atoms with E-state index in [1.165, 1.54) is 0 Å². The van der Waals surface area contributed by atoms with Crippen LogP contribution < -0.4 is 5.32 Å². The van der Waals surface area contributed by atoms with E-state index >= 15 is 0 Å². The zero-order valence-electron chi connectivity index (χ0n) is 19.6. The van der Waals surface area contributed by atoms with Gasteiger partial charge < -0.3 is 5.32 Å². The summed E-state index contributed by atoms with van der Waals surface area (Å²) >= 11 is 5.90. The second-order valence-electron chi connectivity index (χ2n) is 8.65. The van der Waals surface area contributed by atoms with Crippen LogP contribution in [0.5, 0.6) is 0 Å². The number of aromatic nitrogens is 2. The van der Waals surface area contributed by atoms with Gasteiger partial charge in [0.1, 0.15) is 5.69 Å². The second kappa shape index (κ2) is 11.2. The number of pyridine rings is 2. The number of halogens is 4. The highest BCUT2D eigenvalue weighted by molar-refractivity contribution is 6.34. The minimum absolute atomic E-state index is 0.119. The van der Waals surface area contributed by atoms with Crippen molar-refractivity contribution in [1.29, 1.82) is 0 Å². The van der Waals surface area contributed by atoms with Crippen LogP contribution in [0.2, 0.25) is 5.02 Å². The van der Waals surface area contributed by atoms with Crippen molar-refractivity contribution in [2.24, 2.45) is 0 Å². The summed E-state index contributed by atoms with van der Waals surface area (Å²) in [4.78, 5) is 23.2. The van der Waals surface area contributed by atoms with Crippen LogP contribution in [0.3, 0.4) is 0 Å². The molecule has 1 saturated heterocycles. The Bertz CT molecular complexity index is 1230. The Balaban J connectivity index is 1.65. The summed E-state index contributed by atoms with van der Waals surface area (Å²) in [7, 11) is 0. The third-order valence-electron chi connectivity index (χ3n) is 6.33. The number of amides is 1. The molecule has 0 unspecified atom stereocenters. The molecule has 1 atom stereocenters. The average molecular weight is 515 g/mol. The first-order valence-electron chi connectivity index (χ1n) is 11.7. The zero-order valence-corrected chi connectivity index (χ0v) is 20.3. The Labute approximate surface area is 213 Å². The van der Waals surface area contributed by atoms with Crippen molar-refractivity contribution in [2.45, 2.75) is 38.0 Å². The Morgan fingerprint density at radius 2 is 2.03 bits per heavy atom. The van der Waals surface area contributed by atoms with Crippen LogP contribution in [0, 0.1) is 0 Å². The molecule has 2 aromatic heterocycles. The van der Waals surface area contributed by atoms with Crippen molar-refractivity contribution in [3.05, 3.63) is 95.1 Å². The lowest BCUT2D eigenvalue weighted by molar-refractivity contribution is -0.137. The van der Waals surface area contributed by atoms with Gasteiger partial charge in [-0.1, -0.05) is 42.3 Å². The van der Waals surface area contributed by atoms with E-state index < -0.39 is 28.4 Å².